The summed E-state index contributed by atoms with van der Waals surface area (Å²) >= 11 is 0. The van der Waals surface area contributed by atoms with E-state index < -0.39 is 0 Å². The van der Waals surface area contributed by atoms with Crippen LogP contribution in [0.2, 0.25) is 0 Å². The Hall–Kier alpha value is -4.23. The van der Waals surface area contributed by atoms with Gasteiger partial charge in [-0.05, 0) is 85.9 Å². The van der Waals surface area contributed by atoms with Crippen molar-refractivity contribution < 1.29 is 4.74 Å². The summed E-state index contributed by atoms with van der Waals surface area (Å²) in [5, 5.41) is 4.61. The van der Waals surface area contributed by atoms with E-state index in [2.05, 4.69) is 51.4 Å². The lowest BCUT2D eigenvalue weighted by Gasteiger charge is -2.18. The molecular weight excluding hydrogens is 462 g/mol. The minimum atomic E-state index is -0.163. The maximum Gasteiger partial charge on any atom is 0.284 e. The smallest absolute Gasteiger partial charge is 0.284 e. The highest BCUT2D eigenvalue weighted by Crippen LogP contribution is 2.27. The highest BCUT2D eigenvalue weighted by atomic mass is 16.5. The summed E-state index contributed by atoms with van der Waals surface area (Å²) in [6, 6.07) is 24.2. The third kappa shape index (κ3) is 4.32. The van der Waals surface area contributed by atoms with E-state index in [1.165, 1.54) is 24.0 Å². The van der Waals surface area contributed by atoms with Gasteiger partial charge in [-0.25, -0.2) is 9.67 Å². The summed E-state index contributed by atoms with van der Waals surface area (Å²) in [6.45, 7) is 5.16. The SMILES string of the molecule is COc1ccc(-n2nc(C)c3ncn(-c4ccc(-c5ccccc5CN5CCCC5)cc4)c(=O)c32)cc1. The number of rotatable bonds is 6. The average Bonchev–Trinajstić information content (AvgIpc) is 3.57. The van der Waals surface area contributed by atoms with Gasteiger partial charge in [0.2, 0.25) is 0 Å². The quantitative estimate of drug-likeness (QED) is 0.329. The van der Waals surface area contributed by atoms with Gasteiger partial charge in [-0.15, -0.1) is 0 Å². The van der Waals surface area contributed by atoms with Crippen molar-refractivity contribution in [1.29, 1.82) is 0 Å². The number of aryl methyl sites for hydroxylation is 1. The molecule has 6 rings (SSSR count). The standard InChI is InChI=1S/C30H29N5O2/c1-21-28-29(35(32-21)25-13-15-26(37-2)16-14-25)30(36)34(20-31-28)24-11-9-22(10-12-24)27-8-4-3-7-23(27)19-33-17-5-6-18-33/h3-4,7-16,20H,5-6,17-19H2,1-2H3. The van der Waals surface area contributed by atoms with Gasteiger partial charge in [-0.1, -0.05) is 36.4 Å². The van der Waals surface area contributed by atoms with Crippen molar-refractivity contribution in [2.45, 2.75) is 26.3 Å². The number of hydrogen-bond acceptors (Lipinski definition) is 5. The topological polar surface area (TPSA) is 65.2 Å². The molecule has 0 radical (unpaired) electrons. The van der Waals surface area contributed by atoms with Gasteiger partial charge in [0.1, 0.15) is 17.6 Å². The van der Waals surface area contributed by atoms with Gasteiger partial charge in [-0.3, -0.25) is 14.3 Å². The number of likely N-dealkylation sites (tertiary alicyclic amines) is 1. The average molecular weight is 492 g/mol. The van der Waals surface area contributed by atoms with E-state index in [-0.39, 0.29) is 5.56 Å². The highest BCUT2D eigenvalue weighted by Gasteiger charge is 2.17. The predicted octanol–water partition coefficient (Wildman–Crippen LogP) is 5.15. The Morgan fingerprint density at radius 2 is 1.59 bits per heavy atom. The van der Waals surface area contributed by atoms with Gasteiger partial charge in [0, 0.05) is 6.54 Å². The van der Waals surface area contributed by atoms with E-state index in [4.69, 9.17) is 4.74 Å². The molecule has 0 aliphatic carbocycles. The summed E-state index contributed by atoms with van der Waals surface area (Å²) in [7, 11) is 1.63. The molecule has 0 spiro atoms. The molecular formula is C30H29N5O2. The van der Waals surface area contributed by atoms with Crippen LogP contribution < -0.4 is 10.3 Å². The molecule has 0 unspecified atom stereocenters. The molecule has 0 amide bonds. The Morgan fingerprint density at radius 3 is 2.32 bits per heavy atom. The van der Waals surface area contributed by atoms with Crippen molar-refractivity contribution in [1.82, 2.24) is 24.2 Å². The Kier molecular flexibility index (Phi) is 6.06. The van der Waals surface area contributed by atoms with Gasteiger partial charge < -0.3 is 4.74 Å². The van der Waals surface area contributed by atoms with Crippen LogP contribution in [-0.4, -0.2) is 44.4 Å². The predicted molar refractivity (Wildman–Crippen MR) is 146 cm³/mol. The van der Waals surface area contributed by atoms with Crippen molar-refractivity contribution in [3.63, 3.8) is 0 Å². The van der Waals surface area contributed by atoms with Crippen LogP contribution >= 0.6 is 0 Å². The maximum absolute atomic E-state index is 13.7. The Bertz CT molecular complexity index is 1610. The highest BCUT2D eigenvalue weighted by molar-refractivity contribution is 5.78. The van der Waals surface area contributed by atoms with Crippen LogP contribution in [0, 0.1) is 6.92 Å². The molecule has 5 aromatic rings. The third-order valence-corrected chi connectivity index (χ3v) is 7.14. The van der Waals surface area contributed by atoms with E-state index in [1.54, 1.807) is 22.7 Å². The molecule has 186 valence electrons. The van der Waals surface area contributed by atoms with Crippen molar-refractivity contribution in [3.8, 4) is 28.3 Å². The molecule has 0 bridgehead atoms. The second kappa shape index (κ2) is 9.67. The number of ether oxygens (including phenoxy) is 1. The van der Waals surface area contributed by atoms with E-state index in [9.17, 15) is 4.79 Å². The van der Waals surface area contributed by atoms with Crippen LogP contribution in [0.5, 0.6) is 5.75 Å². The Labute approximate surface area is 215 Å². The number of nitrogens with zero attached hydrogens (tertiary/aromatic N) is 5. The Morgan fingerprint density at radius 1 is 0.892 bits per heavy atom. The molecule has 3 heterocycles. The zero-order chi connectivity index (χ0) is 25.4. The van der Waals surface area contributed by atoms with E-state index >= 15 is 0 Å². The molecule has 0 N–H and O–H groups in total. The first-order chi connectivity index (χ1) is 18.1. The van der Waals surface area contributed by atoms with Gasteiger partial charge in [-0.2, -0.15) is 5.10 Å². The minimum absolute atomic E-state index is 0.163. The van der Waals surface area contributed by atoms with E-state index in [1.807, 2.05) is 43.3 Å². The van der Waals surface area contributed by atoms with Crippen LogP contribution in [0.4, 0.5) is 0 Å². The second-order valence-corrected chi connectivity index (χ2v) is 9.50. The van der Waals surface area contributed by atoms with Gasteiger partial charge in [0.15, 0.2) is 5.52 Å². The van der Waals surface area contributed by atoms with Crippen LogP contribution in [0.3, 0.4) is 0 Å². The lowest BCUT2D eigenvalue weighted by molar-refractivity contribution is 0.332. The van der Waals surface area contributed by atoms with Crippen molar-refractivity contribution in [2.24, 2.45) is 0 Å². The minimum Gasteiger partial charge on any atom is -0.497 e. The third-order valence-electron chi connectivity index (χ3n) is 7.14. The van der Waals surface area contributed by atoms with Crippen molar-refractivity contribution >= 4 is 11.0 Å². The molecule has 1 aliphatic rings. The summed E-state index contributed by atoms with van der Waals surface area (Å²) < 4.78 is 8.52. The molecule has 1 fully saturated rings. The second-order valence-electron chi connectivity index (χ2n) is 9.50. The molecule has 2 aromatic heterocycles. The normalized spacial score (nSPS) is 13.9. The van der Waals surface area contributed by atoms with Crippen molar-refractivity contribution in [2.75, 3.05) is 20.2 Å². The van der Waals surface area contributed by atoms with Crippen LogP contribution in [0.1, 0.15) is 24.1 Å². The Balaban J connectivity index is 1.37. The lowest BCUT2D eigenvalue weighted by Crippen LogP contribution is -2.21. The van der Waals surface area contributed by atoms with Crippen LogP contribution in [0.25, 0.3) is 33.5 Å². The van der Waals surface area contributed by atoms with Crippen LogP contribution in [-0.2, 0) is 6.54 Å². The molecule has 1 saturated heterocycles. The van der Waals surface area contributed by atoms with E-state index in [0.717, 1.165) is 42.3 Å². The number of methoxy groups -OCH3 is 1. The lowest BCUT2D eigenvalue weighted by atomic mass is 9.99. The van der Waals surface area contributed by atoms with Crippen LogP contribution in [0.15, 0.2) is 83.9 Å². The van der Waals surface area contributed by atoms with E-state index in [0.29, 0.717) is 16.7 Å². The molecule has 3 aromatic carbocycles. The molecule has 7 nitrogen and oxygen atoms in total. The molecule has 0 atom stereocenters. The fraction of sp³-hybridized carbons (Fsp3) is 0.233. The van der Waals surface area contributed by atoms with Crippen molar-refractivity contribution in [3.05, 3.63) is 101 Å². The number of hydrogen-bond donors (Lipinski definition) is 0. The monoisotopic (exact) mass is 491 g/mol. The molecule has 1 aliphatic heterocycles. The first-order valence-corrected chi connectivity index (χ1v) is 12.6. The summed E-state index contributed by atoms with van der Waals surface area (Å²) in [5.74, 6) is 0.745. The first kappa shape index (κ1) is 23.2. The number of aromatic nitrogens is 4. The maximum atomic E-state index is 13.7. The first-order valence-electron chi connectivity index (χ1n) is 12.6. The fourth-order valence-electron chi connectivity index (χ4n) is 5.16. The number of benzene rings is 3. The van der Waals surface area contributed by atoms with Gasteiger partial charge in [0.05, 0.1) is 24.2 Å². The fourth-order valence-corrected chi connectivity index (χ4v) is 5.16. The molecule has 37 heavy (non-hydrogen) atoms. The zero-order valence-corrected chi connectivity index (χ0v) is 21.1. The summed E-state index contributed by atoms with van der Waals surface area (Å²) in [4.78, 5) is 20.8. The van der Waals surface area contributed by atoms with Gasteiger partial charge in [0.25, 0.3) is 5.56 Å². The zero-order valence-electron chi connectivity index (χ0n) is 21.1. The molecule has 7 heteroatoms. The number of fused-ring (bicyclic) bond motifs is 1. The summed E-state index contributed by atoms with van der Waals surface area (Å²) in [6.07, 6.45) is 4.15. The largest absolute Gasteiger partial charge is 0.497 e. The van der Waals surface area contributed by atoms with Gasteiger partial charge >= 0.3 is 0 Å². The summed E-state index contributed by atoms with van der Waals surface area (Å²) in [5.41, 5.74) is 6.84. The molecule has 0 saturated carbocycles.